The molecule has 0 heterocycles. The van der Waals surface area contributed by atoms with E-state index in [0.717, 1.165) is 30.6 Å². The number of amides is 1. The van der Waals surface area contributed by atoms with Crippen molar-refractivity contribution in [3.05, 3.63) is 0 Å². The Morgan fingerprint density at radius 3 is 1.54 bits per heavy atom. The number of rotatable bonds is 17. The van der Waals surface area contributed by atoms with E-state index in [-0.39, 0.29) is 19.1 Å². The topological polar surface area (TPSA) is 69.6 Å². The van der Waals surface area contributed by atoms with Crippen molar-refractivity contribution in [2.45, 2.75) is 111 Å². The second-order valence-electron chi connectivity index (χ2n) is 10.1. The van der Waals surface area contributed by atoms with Gasteiger partial charge < -0.3 is 15.5 Å². The van der Waals surface area contributed by atoms with Crippen LogP contribution in [-0.4, -0.2) is 34.9 Å². The van der Waals surface area contributed by atoms with Crippen LogP contribution in [0, 0.1) is 23.7 Å². The van der Waals surface area contributed by atoms with Crippen molar-refractivity contribution in [2.75, 3.05) is 13.2 Å². The van der Waals surface area contributed by atoms with Gasteiger partial charge in [0.05, 0.1) is 18.8 Å². The standard InChI is InChI=1S/C24H49NO3/c1-19(2)10-7-11-20(3)12-8-13-21(4)14-9-15-22(5)16-23(28)25-24(6,17-26)18-27/h19-22,26-27H,7-18H2,1-6H3,(H,25,28). The Labute approximate surface area is 174 Å². The monoisotopic (exact) mass is 399 g/mol. The van der Waals surface area contributed by atoms with Gasteiger partial charge in [-0.3, -0.25) is 4.79 Å². The molecule has 0 spiro atoms. The summed E-state index contributed by atoms with van der Waals surface area (Å²) in [6.07, 6.45) is 12.0. The summed E-state index contributed by atoms with van der Waals surface area (Å²) >= 11 is 0. The molecular formula is C24H49NO3. The van der Waals surface area contributed by atoms with Gasteiger partial charge in [-0.1, -0.05) is 92.4 Å². The van der Waals surface area contributed by atoms with E-state index in [1.165, 1.54) is 44.9 Å². The molecule has 0 aromatic rings. The van der Waals surface area contributed by atoms with Crippen molar-refractivity contribution in [2.24, 2.45) is 23.7 Å². The first-order valence-electron chi connectivity index (χ1n) is 11.6. The fourth-order valence-corrected chi connectivity index (χ4v) is 3.73. The molecule has 0 aliphatic carbocycles. The van der Waals surface area contributed by atoms with Gasteiger partial charge in [-0.25, -0.2) is 0 Å². The Bertz CT molecular complexity index is 393. The third-order valence-corrected chi connectivity index (χ3v) is 5.94. The molecule has 4 nitrogen and oxygen atoms in total. The summed E-state index contributed by atoms with van der Waals surface area (Å²) < 4.78 is 0. The van der Waals surface area contributed by atoms with Gasteiger partial charge in [0.2, 0.25) is 5.91 Å². The summed E-state index contributed by atoms with van der Waals surface area (Å²) in [7, 11) is 0. The highest BCUT2D eigenvalue weighted by Gasteiger charge is 2.25. The zero-order chi connectivity index (χ0) is 21.6. The lowest BCUT2D eigenvalue weighted by Gasteiger charge is -2.27. The fraction of sp³-hybridized carbons (Fsp3) is 0.958. The van der Waals surface area contributed by atoms with Crippen molar-refractivity contribution in [3.8, 4) is 0 Å². The van der Waals surface area contributed by atoms with Gasteiger partial charge in [0.15, 0.2) is 0 Å². The maximum Gasteiger partial charge on any atom is 0.220 e. The molecule has 0 fully saturated rings. The van der Waals surface area contributed by atoms with Gasteiger partial charge in [-0.15, -0.1) is 0 Å². The van der Waals surface area contributed by atoms with Crippen molar-refractivity contribution < 1.29 is 15.0 Å². The molecule has 1 amide bonds. The second kappa shape index (κ2) is 15.3. The molecule has 0 aromatic carbocycles. The maximum atomic E-state index is 12.1. The van der Waals surface area contributed by atoms with Crippen LogP contribution in [0.5, 0.6) is 0 Å². The molecule has 0 aliphatic heterocycles. The van der Waals surface area contributed by atoms with E-state index in [1.54, 1.807) is 6.92 Å². The lowest BCUT2D eigenvalue weighted by molar-refractivity contribution is -0.125. The van der Waals surface area contributed by atoms with E-state index < -0.39 is 5.54 Å². The Kier molecular flexibility index (Phi) is 14.9. The summed E-state index contributed by atoms with van der Waals surface area (Å²) in [5, 5.41) is 21.3. The van der Waals surface area contributed by atoms with Crippen LogP contribution in [0.3, 0.4) is 0 Å². The first-order valence-corrected chi connectivity index (χ1v) is 11.6. The molecule has 3 unspecified atom stereocenters. The number of aliphatic hydroxyl groups excluding tert-OH is 2. The number of aliphatic hydroxyl groups is 2. The number of carbonyl (C=O) groups is 1. The Hall–Kier alpha value is -0.610. The fourth-order valence-electron chi connectivity index (χ4n) is 3.73. The van der Waals surface area contributed by atoms with Gasteiger partial charge in [0.1, 0.15) is 0 Å². The summed E-state index contributed by atoms with van der Waals surface area (Å²) in [4.78, 5) is 12.1. The minimum Gasteiger partial charge on any atom is -0.394 e. The highest BCUT2D eigenvalue weighted by Crippen LogP contribution is 2.22. The lowest BCUT2D eigenvalue weighted by Crippen LogP contribution is -2.52. The lowest BCUT2D eigenvalue weighted by atomic mass is 9.90. The predicted octanol–water partition coefficient (Wildman–Crippen LogP) is 5.31. The summed E-state index contributed by atoms with van der Waals surface area (Å²) in [5.41, 5.74) is -0.919. The van der Waals surface area contributed by atoms with E-state index in [2.05, 4.69) is 39.9 Å². The van der Waals surface area contributed by atoms with E-state index >= 15 is 0 Å². The van der Waals surface area contributed by atoms with Crippen LogP contribution in [-0.2, 0) is 4.79 Å². The Morgan fingerprint density at radius 1 is 0.750 bits per heavy atom. The largest absolute Gasteiger partial charge is 0.394 e. The van der Waals surface area contributed by atoms with Gasteiger partial charge in [0, 0.05) is 6.42 Å². The summed E-state index contributed by atoms with van der Waals surface area (Å²) in [6, 6.07) is 0. The van der Waals surface area contributed by atoms with Crippen LogP contribution >= 0.6 is 0 Å². The first kappa shape index (κ1) is 27.4. The minimum absolute atomic E-state index is 0.0856. The molecule has 0 aliphatic rings. The third-order valence-electron chi connectivity index (χ3n) is 5.94. The van der Waals surface area contributed by atoms with Gasteiger partial charge >= 0.3 is 0 Å². The second-order valence-corrected chi connectivity index (χ2v) is 10.1. The number of hydrogen-bond donors (Lipinski definition) is 3. The highest BCUT2D eigenvalue weighted by molar-refractivity contribution is 5.77. The normalized spacial score (nSPS) is 15.5. The van der Waals surface area contributed by atoms with Crippen LogP contribution in [0.25, 0.3) is 0 Å². The van der Waals surface area contributed by atoms with Crippen molar-refractivity contribution >= 4 is 5.91 Å². The third kappa shape index (κ3) is 14.4. The first-order chi connectivity index (χ1) is 13.1. The van der Waals surface area contributed by atoms with Crippen molar-refractivity contribution in [3.63, 3.8) is 0 Å². The average molecular weight is 400 g/mol. The summed E-state index contributed by atoms with van der Waals surface area (Å²) in [5.74, 6) is 2.69. The van der Waals surface area contributed by atoms with Gasteiger partial charge in [-0.2, -0.15) is 0 Å². The molecule has 168 valence electrons. The predicted molar refractivity (Wildman–Crippen MR) is 119 cm³/mol. The van der Waals surface area contributed by atoms with E-state index in [0.29, 0.717) is 12.3 Å². The maximum absolute atomic E-state index is 12.1. The van der Waals surface area contributed by atoms with Gasteiger partial charge in [0.25, 0.3) is 0 Å². The highest BCUT2D eigenvalue weighted by atomic mass is 16.3. The zero-order valence-corrected chi connectivity index (χ0v) is 19.6. The minimum atomic E-state index is -0.919. The molecule has 0 saturated heterocycles. The van der Waals surface area contributed by atoms with Crippen molar-refractivity contribution in [1.29, 1.82) is 0 Å². The quantitative estimate of drug-likeness (QED) is 0.310. The van der Waals surface area contributed by atoms with Crippen molar-refractivity contribution in [1.82, 2.24) is 5.32 Å². The van der Waals surface area contributed by atoms with Gasteiger partial charge in [-0.05, 0) is 30.6 Å². The molecule has 3 atom stereocenters. The summed E-state index contributed by atoms with van der Waals surface area (Å²) in [6.45, 7) is 12.6. The Morgan fingerprint density at radius 2 is 1.14 bits per heavy atom. The number of nitrogens with one attached hydrogen (secondary N) is 1. The molecule has 0 saturated carbocycles. The Balaban J connectivity index is 3.82. The molecule has 3 N–H and O–H groups in total. The molecule has 28 heavy (non-hydrogen) atoms. The average Bonchev–Trinajstić information content (AvgIpc) is 2.61. The molecular weight excluding hydrogens is 350 g/mol. The molecule has 0 rings (SSSR count). The van der Waals surface area contributed by atoms with Crippen LogP contribution in [0.1, 0.15) is 106 Å². The molecule has 0 aromatic heterocycles. The van der Waals surface area contributed by atoms with Crippen LogP contribution < -0.4 is 5.32 Å². The van der Waals surface area contributed by atoms with E-state index in [1.807, 2.05) is 0 Å². The molecule has 0 radical (unpaired) electrons. The van der Waals surface area contributed by atoms with E-state index in [9.17, 15) is 15.0 Å². The molecule has 0 bridgehead atoms. The van der Waals surface area contributed by atoms with Crippen LogP contribution in [0.4, 0.5) is 0 Å². The van der Waals surface area contributed by atoms with Crippen LogP contribution in [0.15, 0.2) is 0 Å². The van der Waals surface area contributed by atoms with E-state index in [4.69, 9.17) is 0 Å². The van der Waals surface area contributed by atoms with Crippen LogP contribution in [0.2, 0.25) is 0 Å². The number of carbonyl (C=O) groups excluding carboxylic acids is 1. The molecule has 4 heteroatoms. The SMILES string of the molecule is CC(C)CCCC(C)CCCC(C)CCCC(C)CC(=O)NC(C)(CO)CO. The smallest absolute Gasteiger partial charge is 0.220 e. The number of hydrogen-bond acceptors (Lipinski definition) is 3. The zero-order valence-electron chi connectivity index (χ0n) is 19.6.